The number of amides is 1. The number of nitrogens with one attached hydrogen (secondary N) is 2. The molecule has 1 amide bonds. The van der Waals surface area contributed by atoms with Gasteiger partial charge in [0, 0.05) is 35.4 Å². The van der Waals surface area contributed by atoms with Crippen molar-refractivity contribution in [3.8, 4) is 17.0 Å². The van der Waals surface area contributed by atoms with Crippen LogP contribution >= 0.6 is 0 Å². The van der Waals surface area contributed by atoms with Crippen LogP contribution in [0.15, 0.2) is 91.3 Å². The Morgan fingerprint density at radius 1 is 1.03 bits per heavy atom. The van der Waals surface area contributed by atoms with Crippen LogP contribution in [0.25, 0.3) is 22.2 Å². The van der Waals surface area contributed by atoms with Crippen LogP contribution in [0.1, 0.15) is 21.5 Å². The van der Waals surface area contributed by atoms with Gasteiger partial charge in [0.2, 0.25) is 0 Å². The molecule has 6 heteroatoms. The second-order valence-electron chi connectivity index (χ2n) is 8.17. The Bertz CT molecular complexity index is 1420. The number of H-pyrrole nitrogens is 1. The minimum Gasteiger partial charge on any atom is -0.497 e. The first-order valence-electron chi connectivity index (χ1n) is 11.3. The molecule has 2 N–H and O–H groups in total. The Labute approximate surface area is 198 Å². The van der Waals surface area contributed by atoms with Crippen LogP contribution in [0, 0.1) is 0 Å². The summed E-state index contributed by atoms with van der Waals surface area (Å²) in [6, 6.07) is 25.9. The number of nitrogens with zero attached hydrogens (tertiary/aromatic N) is 2. The Balaban J connectivity index is 1.38. The number of aromatic amines is 1. The van der Waals surface area contributed by atoms with Crippen molar-refractivity contribution in [1.29, 1.82) is 0 Å². The van der Waals surface area contributed by atoms with E-state index in [0.29, 0.717) is 24.3 Å². The van der Waals surface area contributed by atoms with Crippen molar-refractivity contribution in [2.75, 3.05) is 13.7 Å². The predicted molar refractivity (Wildman–Crippen MR) is 134 cm³/mol. The van der Waals surface area contributed by atoms with Crippen molar-refractivity contribution < 1.29 is 9.53 Å². The molecule has 0 aliphatic heterocycles. The van der Waals surface area contributed by atoms with E-state index in [4.69, 9.17) is 9.84 Å². The van der Waals surface area contributed by atoms with Crippen LogP contribution in [-0.4, -0.2) is 34.3 Å². The van der Waals surface area contributed by atoms with E-state index in [1.54, 1.807) is 7.11 Å². The fraction of sp³-hybridized carbons (Fsp3) is 0.143. The van der Waals surface area contributed by atoms with Gasteiger partial charge in [0.1, 0.15) is 11.4 Å². The minimum atomic E-state index is -0.142. The van der Waals surface area contributed by atoms with Crippen molar-refractivity contribution in [2.24, 2.45) is 0 Å². The molecule has 5 aromatic rings. The number of aromatic nitrogens is 3. The van der Waals surface area contributed by atoms with Gasteiger partial charge in [-0.3, -0.25) is 9.48 Å². The zero-order chi connectivity index (χ0) is 23.3. The normalized spacial score (nSPS) is 11.0. The summed E-state index contributed by atoms with van der Waals surface area (Å²) in [5, 5.41) is 9.03. The van der Waals surface area contributed by atoms with Crippen LogP contribution < -0.4 is 10.1 Å². The number of benzene rings is 3. The lowest BCUT2D eigenvalue weighted by Gasteiger charge is -2.06. The Morgan fingerprint density at radius 2 is 1.85 bits per heavy atom. The molecule has 3 aromatic carbocycles. The maximum atomic E-state index is 13.2. The van der Waals surface area contributed by atoms with Gasteiger partial charge < -0.3 is 15.0 Å². The monoisotopic (exact) mass is 450 g/mol. The van der Waals surface area contributed by atoms with Crippen LogP contribution in [0.4, 0.5) is 0 Å². The van der Waals surface area contributed by atoms with Gasteiger partial charge >= 0.3 is 0 Å². The molecule has 0 atom stereocenters. The highest BCUT2D eigenvalue weighted by atomic mass is 16.5. The highest BCUT2D eigenvalue weighted by Gasteiger charge is 2.19. The number of methoxy groups -OCH3 is 1. The van der Waals surface area contributed by atoms with E-state index >= 15 is 0 Å². The Hall–Kier alpha value is -4.32. The number of carbonyl (C=O) groups is 1. The van der Waals surface area contributed by atoms with Crippen LogP contribution in [0.2, 0.25) is 0 Å². The molecule has 0 spiro atoms. The first-order chi connectivity index (χ1) is 16.7. The number of carbonyl (C=O) groups excluding carboxylic acids is 1. The largest absolute Gasteiger partial charge is 0.497 e. The van der Waals surface area contributed by atoms with Gasteiger partial charge in [0.05, 0.1) is 19.2 Å². The predicted octanol–water partition coefficient (Wildman–Crippen LogP) is 5.06. The Morgan fingerprint density at radius 3 is 2.71 bits per heavy atom. The van der Waals surface area contributed by atoms with Crippen molar-refractivity contribution in [1.82, 2.24) is 20.1 Å². The van der Waals surface area contributed by atoms with Crippen LogP contribution in [0.3, 0.4) is 0 Å². The fourth-order valence-electron chi connectivity index (χ4n) is 4.17. The maximum absolute atomic E-state index is 13.2. The van der Waals surface area contributed by atoms with Crippen LogP contribution in [0.5, 0.6) is 5.75 Å². The smallest absolute Gasteiger partial charge is 0.255 e. The highest BCUT2D eigenvalue weighted by Crippen LogP contribution is 2.26. The average Bonchev–Trinajstić information content (AvgIpc) is 3.49. The van der Waals surface area contributed by atoms with Crippen molar-refractivity contribution in [2.45, 2.75) is 13.0 Å². The average molecular weight is 451 g/mol. The molecule has 0 bridgehead atoms. The second-order valence-corrected chi connectivity index (χ2v) is 8.17. The third kappa shape index (κ3) is 4.57. The van der Waals surface area contributed by atoms with Gasteiger partial charge in [-0.15, -0.1) is 0 Å². The molecule has 0 saturated heterocycles. The SMILES string of the molecule is COc1cccc(-c2nn(Cc3ccccc3)cc2C(=O)NCCc2c[nH]c3ccccc23)c1. The quantitative estimate of drug-likeness (QED) is 0.347. The van der Waals surface area contributed by atoms with Gasteiger partial charge in [0.25, 0.3) is 5.91 Å². The molecule has 0 radical (unpaired) electrons. The summed E-state index contributed by atoms with van der Waals surface area (Å²) >= 11 is 0. The molecular weight excluding hydrogens is 424 g/mol. The van der Waals surface area contributed by atoms with Gasteiger partial charge in [-0.1, -0.05) is 60.7 Å². The van der Waals surface area contributed by atoms with Gasteiger partial charge in [-0.2, -0.15) is 5.10 Å². The van der Waals surface area contributed by atoms with E-state index < -0.39 is 0 Å². The Kier molecular flexibility index (Phi) is 6.12. The van der Waals surface area contributed by atoms with Crippen LogP contribution in [-0.2, 0) is 13.0 Å². The third-order valence-corrected chi connectivity index (χ3v) is 5.89. The van der Waals surface area contributed by atoms with Crippen molar-refractivity contribution in [3.05, 3.63) is 108 Å². The van der Waals surface area contributed by atoms with Crippen molar-refractivity contribution >= 4 is 16.8 Å². The van der Waals surface area contributed by atoms with E-state index in [0.717, 1.165) is 28.8 Å². The molecule has 5 rings (SSSR count). The molecule has 0 saturated carbocycles. The zero-order valence-corrected chi connectivity index (χ0v) is 19.0. The van der Waals surface area contributed by atoms with E-state index in [1.165, 1.54) is 10.9 Å². The first kappa shape index (κ1) is 21.5. The zero-order valence-electron chi connectivity index (χ0n) is 19.0. The van der Waals surface area contributed by atoms with E-state index in [2.05, 4.69) is 22.4 Å². The number of rotatable bonds is 8. The summed E-state index contributed by atoms with van der Waals surface area (Å²) in [6.45, 7) is 1.11. The summed E-state index contributed by atoms with van der Waals surface area (Å²) in [6.07, 6.45) is 4.57. The number of fused-ring (bicyclic) bond motifs is 1. The summed E-state index contributed by atoms with van der Waals surface area (Å²) in [4.78, 5) is 16.5. The topological polar surface area (TPSA) is 71.9 Å². The molecule has 0 aliphatic carbocycles. The lowest BCUT2D eigenvalue weighted by Crippen LogP contribution is -2.25. The second kappa shape index (κ2) is 9.67. The van der Waals surface area contributed by atoms with E-state index in [9.17, 15) is 4.79 Å². The summed E-state index contributed by atoms with van der Waals surface area (Å²) in [5.74, 6) is 0.581. The van der Waals surface area contributed by atoms with E-state index in [1.807, 2.05) is 83.8 Å². The summed E-state index contributed by atoms with van der Waals surface area (Å²) < 4.78 is 7.20. The number of para-hydroxylation sites is 1. The highest BCUT2D eigenvalue weighted by molar-refractivity contribution is 6.00. The molecular formula is C28H26N4O2. The number of ether oxygens (including phenoxy) is 1. The lowest BCUT2D eigenvalue weighted by molar-refractivity contribution is 0.0954. The number of hydrogen-bond donors (Lipinski definition) is 2. The maximum Gasteiger partial charge on any atom is 0.255 e. The molecule has 0 fully saturated rings. The van der Waals surface area contributed by atoms with Gasteiger partial charge in [-0.25, -0.2) is 0 Å². The van der Waals surface area contributed by atoms with E-state index in [-0.39, 0.29) is 5.91 Å². The molecule has 170 valence electrons. The first-order valence-corrected chi connectivity index (χ1v) is 11.3. The lowest BCUT2D eigenvalue weighted by atomic mass is 10.1. The minimum absolute atomic E-state index is 0.142. The third-order valence-electron chi connectivity index (χ3n) is 5.89. The van der Waals surface area contributed by atoms with Gasteiger partial charge in [0.15, 0.2) is 0 Å². The molecule has 6 nitrogen and oxygen atoms in total. The number of hydrogen-bond acceptors (Lipinski definition) is 3. The standard InChI is InChI=1S/C28H26N4O2/c1-34-23-11-7-10-21(16-23)27-25(19-32(31-27)18-20-8-3-2-4-9-20)28(33)29-15-14-22-17-30-26-13-6-5-12-24(22)26/h2-13,16-17,19,30H,14-15,18H2,1H3,(H,29,33). The van der Waals surface area contributed by atoms with Gasteiger partial charge in [-0.05, 0) is 35.7 Å². The fourth-order valence-corrected chi connectivity index (χ4v) is 4.17. The molecule has 0 aliphatic rings. The van der Waals surface area contributed by atoms with Crippen molar-refractivity contribution in [3.63, 3.8) is 0 Å². The molecule has 34 heavy (non-hydrogen) atoms. The molecule has 2 aromatic heterocycles. The summed E-state index contributed by atoms with van der Waals surface area (Å²) in [5.41, 5.74) is 5.43. The summed E-state index contributed by atoms with van der Waals surface area (Å²) in [7, 11) is 1.63. The molecule has 2 heterocycles. The molecule has 0 unspecified atom stereocenters.